The van der Waals surface area contributed by atoms with Crippen LogP contribution in [0.2, 0.25) is 0 Å². The van der Waals surface area contributed by atoms with Gasteiger partial charge in [0, 0.05) is 19.5 Å². The lowest BCUT2D eigenvalue weighted by molar-refractivity contribution is 0.0176. The Hall–Kier alpha value is -3.02. The van der Waals surface area contributed by atoms with Crippen molar-refractivity contribution >= 4 is 12.1 Å². The Morgan fingerprint density at radius 1 is 1.17 bits per heavy atom. The molecular weight excluding hydrogens is 378 g/mol. The van der Waals surface area contributed by atoms with Crippen molar-refractivity contribution in [2.45, 2.75) is 44.2 Å². The molecule has 0 saturated carbocycles. The lowest BCUT2D eigenvalue weighted by atomic mass is 9.75. The quantitative estimate of drug-likeness (QED) is 0.806. The number of likely N-dealkylation sites (tertiary alicyclic amines) is 1. The zero-order valence-corrected chi connectivity index (χ0v) is 17.4. The van der Waals surface area contributed by atoms with E-state index in [1.54, 1.807) is 0 Å². The first kappa shape index (κ1) is 20.3. The van der Waals surface area contributed by atoms with Gasteiger partial charge in [0.15, 0.2) is 0 Å². The number of ether oxygens (including phenoxy) is 1. The normalized spacial score (nSPS) is 23.6. The van der Waals surface area contributed by atoms with E-state index in [1.807, 2.05) is 30.0 Å². The highest BCUT2D eigenvalue weighted by Gasteiger charge is 2.49. The van der Waals surface area contributed by atoms with Gasteiger partial charge in [0.05, 0.1) is 18.2 Å². The summed E-state index contributed by atoms with van der Waals surface area (Å²) in [6.07, 6.45) is 2.71. The van der Waals surface area contributed by atoms with Gasteiger partial charge in [0.2, 0.25) is 0 Å². The van der Waals surface area contributed by atoms with Crippen LogP contribution in [0.4, 0.5) is 9.59 Å². The predicted molar refractivity (Wildman–Crippen MR) is 116 cm³/mol. The molecule has 2 saturated heterocycles. The number of hydrogen-bond donors (Lipinski definition) is 2. The molecule has 2 heterocycles. The number of piperidine rings is 1. The standard InChI is InChI=1S/C24H29N3O3/c1-2-25-22(28)27-14-7-12-24(13-15-30-23(29)26-24)21(27)17-18-8-6-11-20(16-18)19-9-4-3-5-10-19/h3-6,8-11,16,21H,2,7,12-15,17H2,1H3,(H,25,28)(H,26,29)/t21-,24+/m0/s1. The van der Waals surface area contributed by atoms with E-state index >= 15 is 0 Å². The van der Waals surface area contributed by atoms with Gasteiger partial charge in [-0.05, 0) is 42.9 Å². The molecule has 30 heavy (non-hydrogen) atoms. The molecule has 0 unspecified atom stereocenters. The lowest BCUT2D eigenvalue weighted by Crippen LogP contribution is -2.69. The summed E-state index contributed by atoms with van der Waals surface area (Å²) in [4.78, 5) is 26.9. The largest absolute Gasteiger partial charge is 0.449 e. The number of hydrogen-bond acceptors (Lipinski definition) is 3. The van der Waals surface area contributed by atoms with E-state index in [1.165, 1.54) is 0 Å². The third kappa shape index (κ3) is 4.13. The fourth-order valence-corrected chi connectivity index (χ4v) is 4.78. The molecule has 2 aliphatic heterocycles. The van der Waals surface area contributed by atoms with Crippen LogP contribution in [-0.2, 0) is 11.2 Å². The molecule has 2 aromatic carbocycles. The summed E-state index contributed by atoms with van der Waals surface area (Å²) in [5.74, 6) is 0. The average Bonchev–Trinajstić information content (AvgIpc) is 2.76. The minimum absolute atomic E-state index is 0.0680. The van der Waals surface area contributed by atoms with Gasteiger partial charge in [-0.1, -0.05) is 54.6 Å². The summed E-state index contributed by atoms with van der Waals surface area (Å²) in [5, 5.41) is 6.04. The molecule has 2 atom stereocenters. The van der Waals surface area contributed by atoms with Crippen LogP contribution in [0.25, 0.3) is 11.1 Å². The summed E-state index contributed by atoms with van der Waals surface area (Å²) in [7, 11) is 0. The maximum atomic E-state index is 12.9. The van der Waals surface area contributed by atoms with Crippen molar-refractivity contribution in [1.29, 1.82) is 0 Å². The van der Waals surface area contributed by atoms with Gasteiger partial charge in [0.25, 0.3) is 0 Å². The second kappa shape index (κ2) is 8.78. The molecule has 4 rings (SSSR count). The van der Waals surface area contributed by atoms with Gasteiger partial charge in [-0.25, -0.2) is 9.59 Å². The van der Waals surface area contributed by atoms with Crippen LogP contribution in [0.15, 0.2) is 54.6 Å². The highest BCUT2D eigenvalue weighted by molar-refractivity contribution is 5.76. The topological polar surface area (TPSA) is 70.7 Å². The zero-order valence-electron chi connectivity index (χ0n) is 17.4. The number of cyclic esters (lactones) is 1. The van der Waals surface area contributed by atoms with E-state index in [2.05, 4.69) is 47.0 Å². The van der Waals surface area contributed by atoms with Gasteiger partial charge in [-0.2, -0.15) is 0 Å². The van der Waals surface area contributed by atoms with Crippen LogP contribution >= 0.6 is 0 Å². The summed E-state index contributed by atoms with van der Waals surface area (Å²) < 4.78 is 5.15. The number of rotatable bonds is 4. The lowest BCUT2D eigenvalue weighted by Gasteiger charge is -2.51. The monoisotopic (exact) mass is 407 g/mol. The fraction of sp³-hybridized carbons (Fsp3) is 0.417. The van der Waals surface area contributed by atoms with Crippen molar-refractivity contribution in [3.05, 3.63) is 60.2 Å². The average molecular weight is 408 g/mol. The van der Waals surface area contributed by atoms with Gasteiger partial charge in [0.1, 0.15) is 0 Å². The second-order valence-corrected chi connectivity index (χ2v) is 8.09. The molecule has 6 heteroatoms. The number of carbonyl (C=O) groups is 2. The molecule has 0 aliphatic carbocycles. The molecule has 0 radical (unpaired) electrons. The van der Waals surface area contributed by atoms with Crippen molar-refractivity contribution in [3.63, 3.8) is 0 Å². The highest BCUT2D eigenvalue weighted by atomic mass is 16.6. The number of amides is 3. The Morgan fingerprint density at radius 2 is 1.97 bits per heavy atom. The minimum atomic E-state index is -0.457. The fourth-order valence-electron chi connectivity index (χ4n) is 4.78. The van der Waals surface area contributed by atoms with Gasteiger partial charge in [-0.15, -0.1) is 0 Å². The van der Waals surface area contributed by atoms with E-state index in [0.29, 0.717) is 32.5 Å². The van der Waals surface area contributed by atoms with Gasteiger partial charge in [-0.3, -0.25) is 0 Å². The first-order valence-corrected chi connectivity index (χ1v) is 10.7. The number of nitrogens with zero attached hydrogens (tertiary/aromatic N) is 1. The number of benzene rings is 2. The zero-order chi connectivity index (χ0) is 21.0. The van der Waals surface area contributed by atoms with Crippen LogP contribution in [-0.4, -0.2) is 48.3 Å². The van der Waals surface area contributed by atoms with E-state index in [0.717, 1.165) is 29.5 Å². The SMILES string of the molecule is CCNC(=O)N1CCC[C@@]2(CCOC(=O)N2)[C@@H]1Cc1cccc(-c2ccccc2)c1. The Labute approximate surface area is 177 Å². The van der Waals surface area contributed by atoms with Crippen LogP contribution in [0.3, 0.4) is 0 Å². The van der Waals surface area contributed by atoms with E-state index < -0.39 is 5.54 Å². The van der Waals surface area contributed by atoms with E-state index in [9.17, 15) is 9.59 Å². The highest BCUT2D eigenvalue weighted by Crippen LogP contribution is 2.35. The van der Waals surface area contributed by atoms with Gasteiger partial charge >= 0.3 is 12.1 Å². The van der Waals surface area contributed by atoms with Crippen LogP contribution < -0.4 is 10.6 Å². The first-order valence-electron chi connectivity index (χ1n) is 10.7. The minimum Gasteiger partial charge on any atom is -0.449 e. The summed E-state index contributed by atoms with van der Waals surface area (Å²) in [6, 6.07) is 18.5. The molecule has 158 valence electrons. The van der Waals surface area contributed by atoms with E-state index in [4.69, 9.17) is 4.74 Å². The first-order chi connectivity index (χ1) is 14.6. The van der Waals surface area contributed by atoms with Crippen LogP contribution in [0.5, 0.6) is 0 Å². The Bertz CT molecular complexity index is 898. The maximum Gasteiger partial charge on any atom is 0.407 e. The Morgan fingerprint density at radius 3 is 2.73 bits per heavy atom. The second-order valence-electron chi connectivity index (χ2n) is 8.09. The molecule has 2 aromatic rings. The predicted octanol–water partition coefficient (Wildman–Crippen LogP) is 3.96. The molecular formula is C24H29N3O3. The maximum absolute atomic E-state index is 12.9. The third-order valence-electron chi connectivity index (χ3n) is 6.22. The number of urea groups is 1. The summed E-state index contributed by atoms with van der Waals surface area (Å²) >= 11 is 0. The van der Waals surface area contributed by atoms with Crippen molar-refractivity contribution in [3.8, 4) is 11.1 Å². The summed E-state index contributed by atoms with van der Waals surface area (Å²) in [6.45, 7) is 3.57. The number of nitrogens with one attached hydrogen (secondary N) is 2. The molecule has 3 amide bonds. The number of carbonyl (C=O) groups excluding carboxylic acids is 2. The molecule has 2 aliphatic rings. The molecule has 0 bridgehead atoms. The summed E-state index contributed by atoms with van der Waals surface area (Å²) in [5.41, 5.74) is 3.01. The Kier molecular flexibility index (Phi) is 5.93. The Balaban J connectivity index is 1.66. The molecule has 1 spiro atoms. The van der Waals surface area contributed by atoms with Gasteiger partial charge < -0.3 is 20.3 Å². The number of alkyl carbamates (subject to hydrolysis) is 1. The van der Waals surface area contributed by atoms with Crippen molar-refractivity contribution in [2.24, 2.45) is 0 Å². The molecule has 2 N–H and O–H groups in total. The smallest absolute Gasteiger partial charge is 0.407 e. The van der Waals surface area contributed by atoms with E-state index in [-0.39, 0.29) is 18.2 Å². The van der Waals surface area contributed by atoms with Crippen LogP contribution in [0, 0.1) is 0 Å². The molecule has 6 nitrogen and oxygen atoms in total. The van der Waals surface area contributed by atoms with Crippen LogP contribution in [0.1, 0.15) is 31.7 Å². The molecule has 2 fully saturated rings. The van der Waals surface area contributed by atoms with Crippen molar-refractivity contribution < 1.29 is 14.3 Å². The van der Waals surface area contributed by atoms with Crippen molar-refractivity contribution in [2.75, 3.05) is 19.7 Å². The molecule has 0 aromatic heterocycles. The van der Waals surface area contributed by atoms with Crippen molar-refractivity contribution in [1.82, 2.24) is 15.5 Å². The third-order valence-corrected chi connectivity index (χ3v) is 6.22.